The first-order chi connectivity index (χ1) is 16.5. The summed E-state index contributed by atoms with van der Waals surface area (Å²) in [7, 11) is -2.49. The third-order valence-corrected chi connectivity index (χ3v) is 7.43. The van der Waals surface area contributed by atoms with Gasteiger partial charge in [0.25, 0.3) is 15.9 Å². The average molecular weight is 479 g/mol. The van der Waals surface area contributed by atoms with Gasteiger partial charge in [-0.3, -0.25) is 9.10 Å². The van der Waals surface area contributed by atoms with Gasteiger partial charge in [-0.2, -0.15) is 0 Å². The van der Waals surface area contributed by atoms with Gasteiger partial charge in [-0.05, 0) is 42.8 Å². The summed E-state index contributed by atoms with van der Waals surface area (Å²) in [5, 5.41) is 2.72. The van der Waals surface area contributed by atoms with Crippen LogP contribution in [0.5, 0.6) is 11.5 Å². The molecule has 0 atom stereocenters. The molecule has 0 aliphatic carbocycles. The molecule has 1 heterocycles. The minimum Gasteiger partial charge on any atom is -0.497 e. The molecule has 0 unspecified atom stereocenters. The number of amides is 1. The fourth-order valence-electron chi connectivity index (χ4n) is 3.94. The number of fused-ring (bicyclic) bond motifs is 1. The molecule has 1 aliphatic heterocycles. The maximum absolute atomic E-state index is 13.6. The predicted molar refractivity (Wildman–Crippen MR) is 132 cm³/mol. The van der Waals surface area contributed by atoms with Crippen LogP contribution in [-0.2, 0) is 14.8 Å². The molecule has 0 saturated heterocycles. The van der Waals surface area contributed by atoms with Gasteiger partial charge in [0.1, 0.15) is 18.1 Å². The Morgan fingerprint density at radius 1 is 0.912 bits per heavy atom. The van der Waals surface area contributed by atoms with Crippen LogP contribution < -0.4 is 19.1 Å². The smallest absolute Gasteiger partial charge is 0.270 e. The number of hydrogen-bond acceptors (Lipinski definition) is 5. The van der Waals surface area contributed by atoms with E-state index >= 15 is 0 Å². The fourth-order valence-corrected chi connectivity index (χ4v) is 5.71. The third-order valence-electron chi connectivity index (χ3n) is 5.49. The molecule has 176 valence electrons. The number of carbonyl (C=O) groups excluding carboxylic acids is 1. The molecule has 0 saturated carbocycles. The maximum Gasteiger partial charge on any atom is 0.270 e. The van der Waals surface area contributed by atoms with Crippen LogP contribution in [0.25, 0.3) is 5.57 Å². The van der Waals surface area contributed by atoms with Crippen LogP contribution in [0.2, 0.25) is 0 Å². The predicted octanol–water partition coefficient (Wildman–Crippen LogP) is 3.82. The lowest BCUT2D eigenvalue weighted by atomic mass is 9.95. The highest BCUT2D eigenvalue weighted by atomic mass is 32.2. The number of hydrogen-bond donors (Lipinski definition) is 1. The van der Waals surface area contributed by atoms with Crippen molar-refractivity contribution in [3.05, 3.63) is 94.9 Å². The molecular weight excluding hydrogens is 452 g/mol. The number of carbonyl (C=O) groups is 1. The Labute approximate surface area is 199 Å². The zero-order valence-electron chi connectivity index (χ0n) is 19.0. The Morgan fingerprint density at radius 2 is 1.56 bits per heavy atom. The van der Waals surface area contributed by atoms with E-state index in [1.807, 2.05) is 42.5 Å². The molecule has 0 aromatic heterocycles. The SMILES string of the molecule is CCN1c2ccccc2C(c2ccccc2)=C(C(=O)NCCOc2ccc(OC)cc2)S1(=O)=O. The summed E-state index contributed by atoms with van der Waals surface area (Å²) in [6.07, 6.45) is 0. The van der Waals surface area contributed by atoms with E-state index in [1.54, 1.807) is 50.4 Å². The molecule has 0 fully saturated rings. The van der Waals surface area contributed by atoms with Crippen LogP contribution in [0.4, 0.5) is 5.69 Å². The van der Waals surface area contributed by atoms with Gasteiger partial charge in [-0.15, -0.1) is 0 Å². The van der Waals surface area contributed by atoms with Gasteiger partial charge in [0.2, 0.25) is 0 Å². The quantitative estimate of drug-likeness (QED) is 0.498. The molecule has 8 heteroatoms. The first kappa shape index (κ1) is 23.4. The monoisotopic (exact) mass is 478 g/mol. The van der Waals surface area contributed by atoms with Crippen molar-refractivity contribution in [2.24, 2.45) is 0 Å². The number of nitrogens with zero attached hydrogens (tertiary/aromatic N) is 1. The van der Waals surface area contributed by atoms with Crippen LogP contribution in [0.3, 0.4) is 0 Å². The van der Waals surface area contributed by atoms with Crippen LogP contribution in [0, 0.1) is 0 Å². The number of rotatable bonds is 8. The summed E-state index contributed by atoms with van der Waals surface area (Å²) in [5.74, 6) is 0.671. The summed E-state index contributed by atoms with van der Waals surface area (Å²) in [6, 6.07) is 23.4. The molecule has 0 spiro atoms. The molecule has 4 rings (SSSR count). The molecule has 3 aromatic rings. The van der Waals surface area contributed by atoms with Crippen molar-refractivity contribution >= 4 is 27.2 Å². The van der Waals surface area contributed by atoms with Crippen molar-refractivity contribution < 1.29 is 22.7 Å². The number of para-hydroxylation sites is 1. The molecule has 34 heavy (non-hydrogen) atoms. The second kappa shape index (κ2) is 10.0. The largest absolute Gasteiger partial charge is 0.497 e. The average Bonchev–Trinajstić information content (AvgIpc) is 2.86. The Morgan fingerprint density at radius 3 is 2.24 bits per heavy atom. The second-order valence-corrected chi connectivity index (χ2v) is 9.34. The Bertz CT molecular complexity index is 1300. The van der Waals surface area contributed by atoms with E-state index in [0.29, 0.717) is 33.9 Å². The first-order valence-electron chi connectivity index (χ1n) is 10.9. The van der Waals surface area contributed by atoms with E-state index in [4.69, 9.17) is 9.47 Å². The molecule has 0 radical (unpaired) electrons. The second-order valence-electron chi connectivity index (χ2n) is 7.54. The van der Waals surface area contributed by atoms with Crippen molar-refractivity contribution in [1.82, 2.24) is 5.32 Å². The topological polar surface area (TPSA) is 84.9 Å². The summed E-state index contributed by atoms with van der Waals surface area (Å²) in [4.78, 5) is 13.1. The molecule has 1 amide bonds. The maximum atomic E-state index is 13.6. The molecule has 1 N–H and O–H groups in total. The standard InChI is InChI=1S/C26H26N2O5S/c1-3-28-23-12-8-7-11-22(23)24(19-9-5-4-6-10-19)25(34(28,30)31)26(29)27-17-18-33-21-15-13-20(32-2)14-16-21/h4-16H,3,17-18H2,1-2H3,(H,27,29). The highest BCUT2D eigenvalue weighted by molar-refractivity contribution is 7.97. The van der Waals surface area contributed by atoms with Crippen molar-refractivity contribution in [1.29, 1.82) is 0 Å². The molecular formula is C26H26N2O5S. The number of benzene rings is 3. The van der Waals surface area contributed by atoms with Crippen molar-refractivity contribution in [2.75, 3.05) is 31.1 Å². The molecule has 7 nitrogen and oxygen atoms in total. The van der Waals surface area contributed by atoms with E-state index in [1.165, 1.54) is 4.31 Å². The number of ether oxygens (including phenoxy) is 2. The van der Waals surface area contributed by atoms with E-state index in [0.717, 1.165) is 0 Å². The number of methoxy groups -OCH3 is 1. The third kappa shape index (κ3) is 4.49. The normalized spacial score (nSPS) is 14.4. The van der Waals surface area contributed by atoms with Gasteiger partial charge < -0.3 is 14.8 Å². The van der Waals surface area contributed by atoms with E-state index in [2.05, 4.69) is 5.32 Å². The lowest BCUT2D eigenvalue weighted by Crippen LogP contribution is -2.42. The number of nitrogens with one attached hydrogen (secondary N) is 1. The number of sulfonamides is 1. The van der Waals surface area contributed by atoms with E-state index in [-0.39, 0.29) is 24.6 Å². The van der Waals surface area contributed by atoms with Gasteiger partial charge >= 0.3 is 0 Å². The summed E-state index contributed by atoms with van der Waals surface area (Å²) < 4.78 is 39.3. The Kier molecular flexibility index (Phi) is 6.88. The highest BCUT2D eigenvalue weighted by Crippen LogP contribution is 2.42. The minimum absolute atomic E-state index is 0.139. The van der Waals surface area contributed by atoms with E-state index < -0.39 is 15.9 Å². The summed E-state index contributed by atoms with van der Waals surface area (Å²) in [5.41, 5.74) is 2.32. The van der Waals surface area contributed by atoms with Crippen LogP contribution in [0.1, 0.15) is 18.1 Å². The number of anilines is 1. The van der Waals surface area contributed by atoms with Crippen LogP contribution in [-0.4, -0.2) is 41.1 Å². The van der Waals surface area contributed by atoms with Gasteiger partial charge in [0.15, 0.2) is 4.91 Å². The summed E-state index contributed by atoms with van der Waals surface area (Å²) >= 11 is 0. The minimum atomic E-state index is -4.08. The first-order valence-corrected chi connectivity index (χ1v) is 12.4. The van der Waals surface area contributed by atoms with Crippen molar-refractivity contribution in [2.45, 2.75) is 6.92 Å². The molecule has 3 aromatic carbocycles. The Hall–Kier alpha value is -3.78. The Balaban J connectivity index is 1.64. The van der Waals surface area contributed by atoms with Gasteiger partial charge in [-0.1, -0.05) is 48.5 Å². The summed E-state index contributed by atoms with van der Waals surface area (Å²) in [6.45, 7) is 2.28. The lowest BCUT2D eigenvalue weighted by Gasteiger charge is -2.32. The van der Waals surface area contributed by atoms with E-state index in [9.17, 15) is 13.2 Å². The van der Waals surface area contributed by atoms with Crippen LogP contribution in [0.15, 0.2) is 83.8 Å². The van der Waals surface area contributed by atoms with Gasteiger partial charge in [-0.25, -0.2) is 8.42 Å². The zero-order valence-corrected chi connectivity index (χ0v) is 19.8. The molecule has 0 bridgehead atoms. The fraction of sp³-hybridized carbons (Fsp3) is 0.192. The van der Waals surface area contributed by atoms with Crippen LogP contribution >= 0.6 is 0 Å². The van der Waals surface area contributed by atoms with Gasteiger partial charge in [0.05, 0.1) is 19.3 Å². The highest BCUT2D eigenvalue weighted by Gasteiger charge is 2.40. The van der Waals surface area contributed by atoms with Crippen molar-refractivity contribution in [3.8, 4) is 11.5 Å². The zero-order chi connectivity index (χ0) is 24.1. The lowest BCUT2D eigenvalue weighted by molar-refractivity contribution is -0.116. The molecule has 1 aliphatic rings. The van der Waals surface area contributed by atoms with Gasteiger partial charge in [0, 0.05) is 17.7 Å². The van der Waals surface area contributed by atoms with Crippen molar-refractivity contribution in [3.63, 3.8) is 0 Å².